The fraction of sp³-hybridized carbons (Fsp3) is 0.500. The fourth-order valence-corrected chi connectivity index (χ4v) is 5.67. The molecule has 3 aromatic rings. The van der Waals surface area contributed by atoms with Gasteiger partial charge in [-0.05, 0) is 30.9 Å². The number of likely N-dealkylation sites (tertiary alicyclic amines) is 1. The third-order valence-electron chi connectivity index (χ3n) is 7.54. The molecule has 0 unspecified atom stereocenters. The Bertz CT molecular complexity index is 1110. The third-order valence-corrected chi connectivity index (χ3v) is 7.54. The molecule has 4 aliphatic rings. The van der Waals surface area contributed by atoms with E-state index in [1.807, 2.05) is 6.07 Å². The molecule has 0 bridgehead atoms. The number of fused-ring (bicyclic) bond motifs is 3. The van der Waals surface area contributed by atoms with Crippen LogP contribution in [0, 0.1) is 11.8 Å². The molecule has 160 valence electrons. The van der Waals surface area contributed by atoms with Crippen molar-refractivity contribution in [3.63, 3.8) is 0 Å². The summed E-state index contributed by atoms with van der Waals surface area (Å²) < 4.78 is 11.9. The first-order chi connectivity index (χ1) is 15.3. The van der Waals surface area contributed by atoms with Crippen molar-refractivity contribution in [2.45, 2.75) is 30.8 Å². The molecule has 1 aliphatic carbocycles. The molecule has 0 amide bonds. The molecular weight excluding hydrogens is 390 g/mol. The van der Waals surface area contributed by atoms with Gasteiger partial charge in [-0.1, -0.05) is 18.2 Å². The summed E-state index contributed by atoms with van der Waals surface area (Å²) in [4.78, 5) is 15.3. The second-order valence-corrected chi connectivity index (χ2v) is 9.53. The van der Waals surface area contributed by atoms with Crippen LogP contribution in [0.3, 0.4) is 0 Å². The SMILES string of the molecule is c1ccc2c(c1)OC[C@@H](N1C[C@H]3COC[C@H]3C1)[C@@H]2Nc1ncnc2[nH]c(C3CC3)cc12. The molecular formula is C24H27N5O2. The lowest BCUT2D eigenvalue weighted by molar-refractivity contribution is 0.0952. The van der Waals surface area contributed by atoms with Gasteiger partial charge in [-0.2, -0.15) is 0 Å². The van der Waals surface area contributed by atoms with Crippen molar-refractivity contribution in [1.29, 1.82) is 0 Å². The minimum absolute atomic E-state index is 0.113. The predicted molar refractivity (Wildman–Crippen MR) is 117 cm³/mol. The van der Waals surface area contributed by atoms with Crippen LogP contribution in [0.4, 0.5) is 5.82 Å². The van der Waals surface area contributed by atoms with Crippen LogP contribution in [0.15, 0.2) is 36.7 Å². The largest absolute Gasteiger partial charge is 0.491 e. The van der Waals surface area contributed by atoms with Gasteiger partial charge in [0, 0.05) is 36.2 Å². The molecule has 2 saturated heterocycles. The molecule has 4 atom stereocenters. The van der Waals surface area contributed by atoms with Crippen molar-refractivity contribution >= 4 is 16.9 Å². The molecule has 7 heteroatoms. The fourth-order valence-electron chi connectivity index (χ4n) is 5.67. The number of anilines is 1. The summed E-state index contributed by atoms with van der Waals surface area (Å²) in [6, 6.07) is 11.0. The van der Waals surface area contributed by atoms with Crippen LogP contribution in [0.5, 0.6) is 5.75 Å². The predicted octanol–water partition coefficient (Wildman–Crippen LogP) is 3.33. The van der Waals surface area contributed by atoms with Crippen LogP contribution in [-0.2, 0) is 4.74 Å². The van der Waals surface area contributed by atoms with Gasteiger partial charge in [-0.3, -0.25) is 4.90 Å². The zero-order valence-corrected chi connectivity index (χ0v) is 17.5. The summed E-state index contributed by atoms with van der Waals surface area (Å²) in [7, 11) is 0. The molecule has 1 saturated carbocycles. The number of ether oxygens (including phenoxy) is 2. The Balaban J connectivity index is 1.25. The van der Waals surface area contributed by atoms with Gasteiger partial charge in [-0.15, -0.1) is 0 Å². The van der Waals surface area contributed by atoms with Crippen molar-refractivity contribution < 1.29 is 9.47 Å². The Kier molecular flexibility index (Phi) is 4.02. The van der Waals surface area contributed by atoms with Gasteiger partial charge >= 0.3 is 0 Å². The molecule has 31 heavy (non-hydrogen) atoms. The van der Waals surface area contributed by atoms with Crippen LogP contribution < -0.4 is 10.1 Å². The molecule has 2 N–H and O–H groups in total. The lowest BCUT2D eigenvalue weighted by Crippen LogP contribution is -2.47. The first-order valence-electron chi connectivity index (χ1n) is 11.5. The average molecular weight is 418 g/mol. The lowest BCUT2D eigenvalue weighted by Gasteiger charge is -2.39. The van der Waals surface area contributed by atoms with Crippen molar-refractivity contribution in [1.82, 2.24) is 19.9 Å². The normalized spacial score (nSPS) is 30.2. The monoisotopic (exact) mass is 417 g/mol. The van der Waals surface area contributed by atoms with E-state index in [4.69, 9.17) is 9.47 Å². The minimum Gasteiger partial charge on any atom is -0.491 e. The van der Waals surface area contributed by atoms with Crippen molar-refractivity contribution in [3.05, 3.63) is 47.9 Å². The molecule has 7 nitrogen and oxygen atoms in total. The molecule has 1 aromatic carbocycles. The topological polar surface area (TPSA) is 75.3 Å². The maximum atomic E-state index is 6.22. The maximum Gasteiger partial charge on any atom is 0.143 e. The first kappa shape index (κ1) is 18.0. The summed E-state index contributed by atoms with van der Waals surface area (Å²) in [5.41, 5.74) is 3.41. The van der Waals surface area contributed by atoms with Gasteiger partial charge in [0.15, 0.2) is 0 Å². The number of para-hydroxylation sites is 1. The second-order valence-electron chi connectivity index (χ2n) is 9.53. The Morgan fingerprint density at radius 3 is 2.71 bits per heavy atom. The molecule has 0 spiro atoms. The number of hydrogen-bond acceptors (Lipinski definition) is 6. The van der Waals surface area contributed by atoms with Crippen LogP contribution in [0.25, 0.3) is 11.0 Å². The Labute approximate surface area is 181 Å². The maximum absolute atomic E-state index is 6.22. The van der Waals surface area contributed by atoms with Crippen LogP contribution >= 0.6 is 0 Å². The Morgan fingerprint density at radius 2 is 1.87 bits per heavy atom. The number of aromatic nitrogens is 3. The van der Waals surface area contributed by atoms with Crippen LogP contribution in [-0.4, -0.2) is 58.8 Å². The highest BCUT2D eigenvalue weighted by Gasteiger charge is 2.44. The molecule has 7 rings (SSSR count). The van der Waals surface area contributed by atoms with Gasteiger partial charge in [0.05, 0.1) is 30.7 Å². The van der Waals surface area contributed by atoms with E-state index < -0.39 is 0 Å². The minimum atomic E-state index is 0.113. The van der Waals surface area contributed by atoms with E-state index in [1.54, 1.807) is 6.33 Å². The number of rotatable bonds is 4. The van der Waals surface area contributed by atoms with Gasteiger partial charge in [0.1, 0.15) is 30.1 Å². The van der Waals surface area contributed by atoms with E-state index in [-0.39, 0.29) is 12.1 Å². The summed E-state index contributed by atoms with van der Waals surface area (Å²) >= 11 is 0. The smallest absolute Gasteiger partial charge is 0.143 e. The number of nitrogens with one attached hydrogen (secondary N) is 2. The molecule has 3 fully saturated rings. The second kappa shape index (κ2) is 6.93. The number of nitrogens with zero attached hydrogens (tertiary/aromatic N) is 3. The van der Waals surface area contributed by atoms with Crippen molar-refractivity contribution in [2.24, 2.45) is 11.8 Å². The van der Waals surface area contributed by atoms with Gasteiger partial charge in [0.25, 0.3) is 0 Å². The molecule has 5 heterocycles. The standard InChI is InChI=1S/C24H27N5O2/c1-2-4-21-17(3-1)22(20(12-31-21)29-8-15-10-30-11-16(15)9-29)28-24-18-7-19(14-5-6-14)27-23(18)25-13-26-24/h1-4,7,13-16,20,22H,5-6,8-12H2,(H2,25,26,27,28)/t15-,16+,20-,22-/m1/s1. The average Bonchev–Trinajstić information content (AvgIpc) is 3.20. The quantitative estimate of drug-likeness (QED) is 0.678. The zero-order chi connectivity index (χ0) is 20.4. The van der Waals surface area contributed by atoms with E-state index in [0.717, 1.165) is 48.9 Å². The van der Waals surface area contributed by atoms with Crippen LogP contribution in [0.2, 0.25) is 0 Å². The Morgan fingerprint density at radius 1 is 1.03 bits per heavy atom. The highest BCUT2D eigenvalue weighted by atomic mass is 16.5. The van der Waals surface area contributed by atoms with E-state index in [0.29, 0.717) is 24.4 Å². The number of benzene rings is 1. The number of hydrogen-bond donors (Lipinski definition) is 2. The summed E-state index contributed by atoms with van der Waals surface area (Å²) in [6.45, 7) is 4.62. The first-order valence-corrected chi connectivity index (χ1v) is 11.5. The Hall–Kier alpha value is -2.64. The van der Waals surface area contributed by atoms with Gasteiger partial charge in [-0.25, -0.2) is 9.97 Å². The van der Waals surface area contributed by atoms with Gasteiger partial charge < -0.3 is 19.8 Å². The molecule has 3 aliphatic heterocycles. The lowest BCUT2D eigenvalue weighted by atomic mass is 9.95. The molecule has 2 aromatic heterocycles. The summed E-state index contributed by atoms with van der Waals surface area (Å²) in [5, 5.41) is 4.90. The van der Waals surface area contributed by atoms with E-state index in [1.165, 1.54) is 24.1 Å². The number of H-pyrrole nitrogens is 1. The van der Waals surface area contributed by atoms with E-state index >= 15 is 0 Å². The third kappa shape index (κ3) is 3.02. The van der Waals surface area contributed by atoms with Crippen molar-refractivity contribution in [2.75, 3.05) is 38.2 Å². The van der Waals surface area contributed by atoms with E-state index in [2.05, 4.69) is 49.4 Å². The highest BCUT2D eigenvalue weighted by Crippen LogP contribution is 2.43. The van der Waals surface area contributed by atoms with Crippen LogP contribution in [0.1, 0.15) is 36.1 Å². The van der Waals surface area contributed by atoms with Crippen molar-refractivity contribution in [3.8, 4) is 5.75 Å². The highest BCUT2D eigenvalue weighted by molar-refractivity contribution is 5.88. The van der Waals surface area contributed by atoms with E-state index in [9.17, 15) is 0 Å². The summed E-state index contributed by atoms with van der Waals surface area (Å²) in [6.07, 6.45) is 4.19. The number of aromatic amines is 1. The molecule has 0 radical (unpaired) electrons. The summed E-state index contributed by atoms with van der Waals surface area (Å²) in [5.74, 6) is 3.83. The zero-order valence-electron chi connectivity index (χ0n) is 17.5. The van der Waals surface area contributed by atoms with Gasteiger partial charge in [0.2, 0.25) is 0 Å².